The summed E-state index contributed by atoms with van der Waals surface area (Å²) in [5, 5.41) is 4.42. The number of fused-ring (bicyclic) bond motifs is 1. The average Bonchev–Trinajstić information content (AvgIpc) is 3.06. The van der Waals surface area contributed by atoms with E-state index in [1.807, 2.05) is 38.1 Å². The molecular weight excluding hydrogens is 298 g/mol. The van der Waals surface area contributed by atoms with Crippen LogP contribution >= 0.6 is 0 Å². The summed E-state index contributed by atoms with van der Waals surface area (Å²) in [6.45, 7) is 6.03. The summed E-state index contributed by atoms with van der Waals surface area (Å²) in [5.41, 5.74) is 7.63. The minimum Gasteiger partial charge on any atom is -0.244 e. The van der Waals surface area contributed by atoms with Crippen molar-refractivity contribution in [2.45, 2.75) is 20.8 Å². The molecule has 1 aliphatic rings. The van der Waals surface area contributed by atoms with E-state index in [9.17, 15) is 4.79 Å². The molecule has 4 nitrogen and oxygen atoms in total. The largest absolute Gasteiger partial charge is 0.369 e. The van der Waals surface area contributed by atoms with Gasteiger partial charge >= 0.3 is 6.03 Å². The van der Waals surface area contributed by atoms with Crippen LogP contribution in [0.3, 0.4) is 0 Å². The van der Waals surface area contributed by atoms with Gasteiger partial charge in [-0.15, -0.1) is 0 Å². The zero-order valence-electron chi connectivity index (χ0n) is 13.9. The fourth-order valence-electron chi connectivity index (χ4n) is 3.06. The van der Waals surface area contributed by atoms with E-state index in [1.165, 1.54) is 15.8 Å². The van der Waals surface area contributed by atoms with E-state index in [4.69, 9.17) is 0 Å². The molecule has 3 aromatic rings. The van der Waals surface area contributed by atoms with Crippen LogP contribution in [0.25, 0.3) is 11.1 Å². The number of aromatic nitrogens is 2. The minimum absolute atomic E-state index is 0.331. The second-order valence-corrected chi connectivity index (χ2v) is 6.20. The Morgan fingerprint density at radius 2 is 1.33 bits per heavy atom. The first kappa shape index (κ1) is 14.6. The second-order valence-electron chi connectivity index (χ2n) is 6.20. The van der Waals surface area contributed by atoms with Gasteiger partial charge in [0.15, 0.2) is 0 Å². The van der Waals surface area contributed by atoms with Gasteiger partial charge in [0, 0.05) is 11.1 Å². The SMILES string of the molecule is Cc1ccc(C2=NC(=O)n3nc(C)c(-c4ccc(C)cc4)c32)cc1. The molecule has 4 heteroatoms. The summed E-state index contributed by atoms with van der Waals surface area (Å²) in [4.78, 5) is 16.5. The third-order valence-electron chi connectivity index (χ3n) is 4.34. The lowest BCUT2D eigenvalue weighted by molar-refractivity contribution is 0.249. The molecule has 1 aromatic heterocycles. The molecule has 0 aliphatic carbocycles. The molecule has 2 aromatic carbocycles. The number of amides is 1. The summed E-state index contributed by atoms with van der Waals surface area (Å²) in [6, 6.07) is 16.0. The van der Waals surface area contributed by atoms with Crippen molar-refractivity contribution in [3.05, 3.63) is 76.6 Å². The zero-order valence-corrected chi connectivity index (χ0v) is 13.9. The van der Waals surface area contributed by atoms with Gasteiger partial charge in [-0.3, -0.25) is 0 Å². The summed E-state index contributed by atoms with van der Waals surface area (Å²) < 4.78 is 1.42. The second kappa shape index (κ2) is 5.27. The fourth-order valence-corrected chi connectivity index (χ4v) is 3.06. The summed E-state index contributed by atoms with van der Waals surface area (Å²) >= 11 is 0. The highest BCUT2D eigenvalue weighted by Crippen LogP contribution is 2.32. The van der Waals surface area contributed by atoms with Crippen molar-refractivity contribution in [2.24, 2.45) is 4.99 Å². The van der Waals surface area contributed by atoms with Crippen LogP contribution in [0.15, 0.2) is 53.5 Å². The van der Waals surface area contributed by atoms with Crippen molar-refractivity contribution in [3.8, 4) is 11.1 Å². The topological polar surface area (TPSA) is 47.2 Å². The molecule has 0 N–H and O–H groups in total. The van der Waals surface area contributed by atoms with Gasteiger partial charge in [-0.1, -0.05) is 59.7 Å². The van der Waals surface area contributed by atoms with Gasteiger partial charge in [0.2, 0.25) is 0 Å². The van der Waals surface area contributed by atoms with E-state index >= 15 is 0 Å². The molecular formula is C20H17N3O. The zero-order chi connectivity index (χ0) is 16.8. The number of aryl methyl sites for hydroxylation is 3. The maximum absolute atomic E-state index is 12.3. The third-order valence-corrected chi connectivity index (χ3v) is 4.34. The van der Waals surface area contributed by atoms with E-state index in [0.717, 1.165) is 28.1 Å². The Bertz CT molecular complexity index is 977. The van der Waals surface area contributed by atoms with Gasteiger partial charge in [-0.2, -0.15) is 14.8 Å². The number of carbonyl (C=O) groups excluding carboxylic acids is 1. The van der Waals surface area contributed by atoms with Crippen LogP contribution in [0.4, 0.5) is 4.79 Å². The maximum Gasteiger partial charge on any atom is 0.369 e. The number of hydrogen-bond acceptors (Lipinski definition) is 2. The molecule has 0 saturated heterocycles. The third kappa shape index (κ3) is 2.19. The van der Waals surface area contributed by atoms with Crippen molar-refractivity contribution in [2.75, 3.05) is 0 Å². The van der Waals surface area contributed by atoms with Gasteiger partial charge in [-0.25, -0.2) is 4.79 Å². The first-order valence-electron chi connectivity index (χ1n) is 7.91. The van der Waals surface area contributed by atoms with E-state index in [-0.39, 0.29) is 6.03 Å². The van der Waals surface area contributed by atoms with Crippen LogP contribution in [0.5, 0.6) is 0 Å². The van der Waals surface area contributed by atoms with Crippen LogP contribution in [-0.2, 0) is 0 Å². The van der Waals surface area contributed by atoms with Gasteiger partial charge in [0.25, 0.3) is 0 Å². The number of rotatable bonds is 2. The number of carbonyl (C=O) groups is 1. The van der Waals surface area contributed by atoms with Crippen molar-refractivity contribution in [1.29, 1.82) is 0 Å². The molecule has 24 heavy (non-hydrogen) atoms. The molecule has 0 spiro atoms. The molecule has 0 radical (unpaired) electrons. The van der Waals surface area contributed by atoms with Crippen molar-refractivity contribution in [3.63, 3.8) is 0 Å². The van der Waals surface area contributed by atoms with Gasteiger partial charge in [0.05, 0.1) is 5.69 Å². The van der Waals surface area contributed by atoms with E-state index in [1.54, 1.807) is 0 Å². The molecule has 0 saturated carbocycles. The van der Waals surface area contributed by atoms with Crippen molar-refractivity contribution in [1.82, 2.24) is 9.78 Å². The Kier molecular flexibility index (Phi) is 3.20. The van der Waals surface area contributed by atoms with Gasteiger partial charge < -0.3 is 0 Å². The lowest BCUT2D eigenvalue weighted by Gasteiger charge is -2.07. The van der Waals surface area contributed by atoms with Crippen molar-refractivity contribution >= 4 is 11.7 Å². The molecule has 0 fully saturated rings. The van der Waals surface area contributed by atoms with Crippen LogP contribution in [0, 0.1) is 20.8 Å². The molecule has 0 unspecified atom stereocenters. The lowest BCUT2D eigenvalue weighted by Crippen LogP contribution is -2.07. The molecule has 4 rings (SSSR count). The monoisotopic (exact) mass is 315 g/mol. The maximum atomic E-state index is 12.3. The number of benzene rings is 2. The highest BCUT2D eigenvalue weighted by Gasteiger charge is 2.30. The first-order chi connectivity index (χ1) is 11.5. The highest BCUT2D eigenvalue weighted by molar-refractivity contribution is 6.23. The van der Waals surface area contributed by atoms with Crippen LogP contribution < -0.4 is 0 Å². The Balaban J connectivity index is 1.93. The molecule has 0 atom stereocenters. The lowest BCUT2D eigenvalue weighted by atomic mass is 9.97. The molecule has 118 valence electrons. The number of nitrogens with zero attached hydrogens (tertiary/aromatic N) is 3. The predicted molar refractivity (Wildman–Crippen MR) is 94.7 cm³/mol. The Labute approximate surface area is 140 Å². The fraction of sp³-hybridized carbons (Fsp3) is 0.150. The molecule has 2 heterocycles. The van der Waals surface area contributed by atoms with Crippen LogP contribution in [-0.4, -0.2) is 21.5 Å². The normalized spacial score (nSPS) is 13.1. The van der Waals surface area contributed by atoms with Gasteiger partial charge in [0.1, 0.15) is 11.4 Å². The minimum atomic E-state index is -0.331. The molecule has 1 amide bonds. The summed E-state index contributed by atoms with van der Waals surface area (Å²) in [5.74, 6) is 0. The van der Waals surface area contributed by atoms with E-state index < -0.39 is 0 Å². The average molecular weight is 315 g/mol. The number of hydrogen-bond donors (Lipinski definition) is 0. The van der Waals surface area contributed by atoms with Crippen LogP contribution in [0.1, 0.15) is 28.1 Å². The quantitative estimate of drug-likeness (QED) is 0.708. The molecule has 1 aliphatic heterocycles. The highest BCUT2D eigenvalue weighted by atomic mass is 16.2. The van der Waals surface area contributed by atoms with E-state index in [2.05, 4.69) is 41.3 Å². The van der Waals surface area contributed by atoms with E-state index in [0.29, 0.717) is 5.71 Å². The van der Waals surface area contributed by atoms with Crippen LogP contribution in [0.2, 0.25) is 0 Å². The Morgan fingerprint density at radius 3 is 1.92 bits per heavy atom. The Hall–Kier alpha value is -3.01. The van der Waals surface area contributed by atoms with Gasteiger partial charge in [-0.05, 0) is 26.3 Å². The smallest absolute Gasteiger partial charge is 0.244 e. The molecule has 0 bridgehead atoms. The van der Waals surface area contributed by atoms with Crippen molar-refractivity contribution < 1.29 is 4.79 Å². The summed E-state index contributed by atoms with van der Waals surface area (Å²) in [6.07, 6.45) is 0. The standard InChI is InChI=1S/C20H17N3O/c1-12-4-8-15(9-5-12)17-14(3)22-23-19(17)18(21-20(23)24)16-10-6-13(2)7-11-16/h4-11H,1-3H3. The Morgan fingerprint density at radius 1 is 0.792 bits per heavy atom. The number of aliphatic imine (C=N–C) groups is 1. The first-order valence-corrected chi connectivity index (χ1v) is 7.91. The predicted octanol–water partition coefficient (Wildman–Crippen LogP) is 4.29. The summed E-state index contributed by atoms with van der Waals surface area (Å²) in [7, 11) is 0.